The van der Waals surface area contributed by atoms with Gasteiger partial charge in [0.25, 0.3) is 15.9 Å². The number of carbonyl (C=O) groups excluding carboxylic acids is 2. The third-order valence-corrected chi connectivity index (χ3v) is 7.32. The van der Waals surface area contributed by atoms with Crippen LogP contribution in [0.15, 0.2) is 77.7 Å². The highest BCUT2D eigenvalue weighted by molar-refractivity contribution is 7.92. The van der Waals surface area contributed by atoms with E-state index in [4.69, 9.17) is 16.3 Å². The van der Waals surface area contributed by atoms with Gasteiger partial charge in [-0.05, 0) is 55.3 Å². The van der Waals surface area contributed by atoms with Crippen LogP contribution in [0.1, 0.15) is 22.3 Å². The molecule has 2 N–H and O–H groups in total. The number of carbonyl (C=O) groups is 2. The zero-order valence-corrected chi connectivity index (χ0v) is 21.6. The molecule has 0 aromatic heterocycles. The standard InChI is InChI=1S/C26H28ClN3O5S/c1-19-13-14-20(27)17-24(19)30(36(33,34)21-9-4-3-5-10-21)18-25(31)29-23-12-7-6-11-22(23)26(32)28-15-8-16-35-2/h3-7,9-14,17H,8,15-16,18H2,1-2H3,(H,28,32)(H,29,31). The molecule has 36 heavy (non-hydrogen) atoms. The number of methoxy groups -OCH3 is 1. The topological polar surface area (TPSA) is 105 Å². The Morgan fingerprint density at radius 1 is 1.00 bits per heavy atom. The van der Waals surface area contributed by atoms with Crippen molar-refractivity contribution in [3.05, 3.63) is 88.9 Å². The van der Waals surface area contributed by atoms with E-state index in [-0.39, 0.29) is 27.7 Å². The molecule has 3 rings (SSSR count). The molecular weight excluding hydrogens is 502 g/mol. The van der Waals surface area contributed by atoms with E-state index in [0.717, 1.165) is 4.31 Å². The molecule has 2 amide bonds. The number of anilines is 2. The van der Waals surface area contributed by atoms with Crippen LogP contribution in [0, 0.1) is 6.92 Å². The van der Waals surface area contributed by atoms with Crippen molar-refractivity contribution in [3.63, 3.8) is 0 Å². The fourth-order valence-corrected chi connectivity index (χ4v) is 5.16. The van der Waals surface area contributed by atoms with Crippen LogP contribution in [0.4, 0.5) is 11.4 Å². The van der Waals surface area contributed by atoms with Crippen LogP contribution in [0.2, 0.25) is 5.02 Å². The third kappa shape index (κ3) is 6.84. The van der Waals surface area contributed by atoms with Gasteiger partial charge in [0.15, 0.2) is 0 Å². The van der Waals surface area contributed by atoms with E-state index in [1.807, 2.05) is 0 Å². The maximum atomic E-state index is 13.6. The Morgan fingerprint density at radius 2 is 1.69 bits per heavy atom. The predicted octanol–water partition coefficient (Wildman–Crippen LogP) is 4.25. The van der Waals surface area contributed by atoms with E-state index in [1.54, 1.807) is 68.6 Å². The molecule has 10 heteroatoms. The molecule has 0 spiro atoms. The van der Waals surface area contributed by atoms with Gasteiger partial charge in [0.05, 0.1) is 21.8 Å². The fourth-order valence-electron chi connectivity index (χ4n) is 3.49. The smallest absolute Gasteiger partial charge is 0.264 e. The fraction of sp³-hybridized carbons (Fsp3) is 0.231. The second-order valence-corrected chi connectivity index (χ2v) is 10.3. The maximum absolute atomic E-state index is 13.6. The Balaban J connectivity index is 1.88. The highest BCUT2D eigenvalue weighted by Gasteiger charge is 2.29. The molecular formula is C26H28ClN3O5S. The van der Waals surface area contributed by atoms with Crippen molar-refractivity contribution in [1.82, 2.24) is 5.32 Å². The van der Waals surface area contributed by atoms with Crippen molar-refractivity contribution in [2.24, 2.45) is 0 Å². The van der Waals surface area contributed by atoms with Gasteiger partial charge < -0.3 is 15.4 Å². The number of nitrogens with one attached hydrogen (secondary N) is 2. The van der Waals surface area contributed by atoms with Gasteiger partial charge in [0.1, 0.15) is 6.54 Å². The summed E-state index contributed by atoms with van der Waals surface area (Å²) < 4.78 is 33.1. The van der Waals surface area contributed by atoms with Crippen LogP contribution >= 0.6 is 11.6 Å². The van der Waals surface area contributed by atoms with Crippen LogP contribution in [0.3, 0.4) is 0 Å². The number of nitrogens with zero attached hydrogens (tertiary/aromatic N) is 1. The molecule has 0 fully saturated rings. The van der Waals surface area contributed by atoms with Gasteiger partial charge >= 0.3 is 0 Å². The molecule has 0 atom stereocenters. The van der Waals surface area contributed by atoms with E-state index in [0.29, 0.717) is 30.2 Å². The minimum atomic E-state index is -4.10. The number of hydrogen-bond acceptors (Lipinski definition) is 5. The molecule has 0 saturated carbocycles. The highest BCUT2D eigenvalue weighted by Crippen LogP contribution is 2.29. The van der Waals surface area contributed by atoms with Gasteiger partial charge in [-0.3, -0.25) is 13.9 Å². The minimum Gasteiger partial charge on any atom is -0.385 e. The molecule has 0 aliphatic rings. The van der Waals surface area contributed by atoms with Crippen molar-refractivity contribution in [2.45, 2.75) is 18.2 Å². The van der Waals surface area contributed by atoms with Crippen molar-refractivity contribution < 1.29 is 22.7 Å². The normalized spacial score (nSPS) is 11.1. The van der Waals surface area contributed by atoms with Crippen molar-refractivity contribution in [2.75, 3.05) is 36.4 Å². The Hall–Kier alpha value is -3.40. The van der Waals surface area contributed by atoms with Crippen LogP contribution in [0.25, 0.3) is 0 Å². The number of benzene rings is 3. The van der Waals surface area contributed by atoms with Crippen molar-refractivity contribution in [1.29, 1.82) is 0 Å². The summed E-state index contributed by atoms with van der Waals surface area (Å²) >= 11 is 6.17. The highest BCUT2D eigenvalue weighted by atomic mass is 35.5. The summed E-state index contributed by atoms with van der Waals surface area (Å²) in [5.41, 5.74) is 1.44. The average Bonchev–Trinajstić information content (AvgIpc) is 2.87. The van der Waals surface area contributed by atoms with Gasteiger partial charge in [0.2, 0.25) is 5.91 Å². The first-order valence-corrected chi connectivity index (χ1v) is 13.1. The number of hydrogen-bond donors (Lipinski definition) is 2. The van der Waals surface area contributed by atoms with Gasteiger partial charge in [-0.25, -0.2) is 8.42 Å². The Morgan fingerprint density at radius 3 is 2.42 bits per heavy atom. The molecule has 3 aromatic rings. The molecule has 0 aliphatic heterocycles. The lowest BCUT2D eigenvalue weighted by Crippen LogP contribution is -2.39. The lowest BCUT2D eigenvalue weighted by Gasteiger charge is -2.26. The van der Waals surface area contributed by atoms with Gasteiger partial charge in [-0.2, -0.15) is 0 Å². The number of ether oxygens (including phenoxy) is 1. The Bertz CT molecular complexity index is 1320. The predicted molar refractivity (Wildman–Crippen MR) is 141 cm³/mol. The number of aryl methyl sites for hydroxylation is 1. The number of rotatable bonds is 11. The SMILES string of the molecule is COCCCNC(=O)c1ccccc1NC(=O)CN(c1cc(Cl)ccc1C)S(=O)(=O)c1ccccc1. The van der Waals surface area contributed by atoms with Crippen molar-refractivity contribution in [3.8, 4) is 0 Å². The van der Waals surface area contributed by atoms with E-state index in [2.05, 4.69) is 10.6 Å². The molecule has 0 radical (unpaired) electrons. The molecule has 190 valence electrons. The number of sulfonamides is 1. The molecule has 3 aromatic carbocycles. The van der Waals surface area contributed by atoms with Crippen LogP contribution in [-0.2, 0) is 19.6 Å². The first kappa shape index (κ1) is 27.2. The number of halogens is 1. The number of para-hydroxylation sites is 1. The number of amides is 2. The summed E-state index contributed by atoms with van der Waals surface area (Å²) in [6.07, 6.45) is 0.641. The monoisotopic (exact) mass is 529 g/mol. The molecule has 0 saturated heterocycles. The van der Waals surface area contributed by atoms with E-state index in [1.165, 1.54) is 18.2 Å². The van der Waals surface area contributed by atoms with E-state index in [9.17, 15) is 18.0 Å². The molecule has 0 unspecified atom stereocenters. The minimum absolute atomic E-state index is 0.0352. The first-order chi connectivity index (χ1) is 17.2. The van der Waals surface area contributed by atoms with Gasteiger partial charge in [-0.1, -0.05) is 48.0 Å². The second-order valence-electron chi connectivity index (χ2n) is 7.95. The average molecular weight is 530 g/mol. The molecule has 0 aliphatic carbocycles. The molecule has 0 bridgehead atoms. The summed E-state index contributed by atoms with van der Waals surface area (Å²) in [7, 11) is -2.52. The van der Waals surface area contributed by atoms with Gasteiger partial charge in [-0.15, -0.1) is 0 Å². The van der Waals surface area contributed by atoms with E-state index < -0.39 is 22.5 Å². The quantitative estimate of drug-likeness (QED) is 0.361. The second kappa shape index (κ2) is 12.5. The van der Waals surface area contributed by atoms with Crippen LogP contribution in [0.5, 0.6) is 0 Å². The molecule has 8 nitrogen and oxygen atoms in total. The summed E-state index contributed by atoms with van der Waals surface area (Å²) in [6.45, 7) is 2.13. The Kier molecular flexibility index (Phi) is 9.46. The summed E-state index contributed by atoms with van der Waals surface area (Å²) in [6, 6.07) is 19.2. The van der Waals surface area contributed by atoms with E-state index >= 15 is 0 Å². The third-order valence-electron chi connectivity index (χ3n) is 5.31. The summed E-state index contributed by atoms with van der Waals surface area (Å²) in [4.78, 5) is 25.8. The largest absolute Gasteiger partial charge is 0.385 e. The van der Waals surface area contributed by atoms with Crippen molar-refractivity contribution >= 4 is 44.8 Å². The zero-order valence-electron chi connectivity index (χ0n) is 20.0. The zero-order chi connectivity index (χ0) is 26.1. The first-order valence-electron chi connectivity index (χ1n) is 11.2. The Labute approximate surface area is 216 Å². The van der Waals surface area contributed by atoms with Crippen LogP contribution in [-0.4, -0.2) is 47.0 Å². The lowest BCUT2D eigenvalue weighted by atomic mass is 10.1. The van der Waals surface area contributed by atoms with Gasteiger partial charge in [0, 0.05) is 25.3 Å². The lowest BCUT2D eigenvalue weighted by molar-refractivity contribution is -0.114. The molecule has 0 heterocycles. The maximum Gasteiger partial charge on any atom is 0.264 e. The summed E-state index contributed by atoms with van der Waals surface area (Å²) in [5.74, 6) is -0.977. The van der Waals surface area contributed by atoms with Crippen LogP contribution < -0.4 is 14.9 Å². The summed E-state index contributed by atoms with van der Waals surface area (Å²) in [5, 5.41) is 5.80.